The Balaban J connectivity index is 1.98. The van der Waals surface area contributed by atoms with Crippen molar-refractivity contribution in [3.05, 3.63) is 35.5 Å². The van der Waals surface area contributed by atoms with Crippen LogP contribution in [0.5, 0.6) is 5.75 Å². The Kier molecular flexibility index (Phi) is 6.44. The second-order valence-corrected chi connectivity index (χ2v) is 5.83. The van der Waals surface area contributed by atoms with Crippen LogP contribution in [-0.4, -0.2) is 59.7 Å². The van der Waals surface area contributed by atoms with E-state index in [1.54, 1.807) is 24.8 Å². The van der Waals surface area contributed by atoms with Gasteiger partial charge in [0.2, 0.25) is 0 Å². The Bertz CT molecular complexity index is 746. The first-order valence-electron chi connectivity index (χ1n) is 8.33. The number of amides is 2. The van der Waals surface area contributed by atoms with Crippen molar-refractivity contribution >= 4 is 17.7 Å². The summed E-state index contributed by atoms with van der Waals surface area (Å²) in [5.41, 5.74) is 1.20. The third-order valence-electron chi connectivity index (χ3n) is 3.98. The van der Waals surface area contributed by atoms with Crippen LogP contribution >= 0.6 is 0 Å². The van der Waals surface area contributed by atoms with E-state index >= 15 is 0 Å². The van der Waals surface area contributed by atoms with Crippen LogP contribution in [0.2, 0.25) is 0 Å². The molecule has 2 N–H and O–H groups in total. The Morgan fingerprint density at radius 3 is 2.62 bits per heavy atom. The van der Waals surface area contributed by atoms with Gasteiger partial charge in [-0.3, -0.25) is 4.79 Å². The molecule has 8 nitrogen and oxygen atoms in total. The van der Waals surface area contributed by atoms with E-state index in [1.807, 2.05) is 11.0 Å². The maximum atomic E-state index is 12.3. The van der Waals surface area contributed by atoms with Crippen molar-refractivity contribution in [2.75, 3.05) is 38.1 Å². The highest BCUT2D eigenvalue weighted by molar-refractivity contribution is 6.06. The van der Waals surface area contributed by atoms with Crippen molar-refractivity contribution in [3.8, 4) is 11.8 Å². The Morgan fingerprint density at radius 1 is 1.35 bits per heavy atom. The van der Waals surface area contributed by atoms with Crippen LogP contribution in [0.25, 0.3) is 0 Å². The van der Waals surface area contributed by atoms with Gasteiger partial charge in [-0.1, -0.05) is 0 Å². The number of phenolic OH excluding ortho intramolecular Hbond substituents is 1. The molecule has 138 valence electrons. The topological polar surface area (TPSA) is 106 Å². The number of aryl methyl sites for hydroxylation is 1. The number of nitrogens with one attached hydrogen (secondary N) is 1. The van der Waals surface area contributed by atoms with Crippen molar-refractivity contribution in [2.45, 2.75) is 13.8 Å². The summed E-state index contributed by atoms with van der Waals surface area (Å²) < 4.78 is 4.96. The zero-order chi connectivity index (χ0) is 19.1. The van der Waals surface area contributed by atoms with E-state index in [0.717, 1.165) is 0 Å². The highest BCUT2D eigenvalue weighted by Gasteiger charge is 2.21. The number of benzene rings is 1. The summed E-state index contributed by atoms with van der Waals surface area (Å²) in [6.07, 6.45) is 1.16. The van der Waals surface area contributed by atoms with E-state index in [9.17, 15) is 20.0 Å². The van der Waals surface area contributed by atoms with Gasteiger partial charge in [-0.15, -0.1) is 0 Å². The smallest absolute Gasteiger partial charge is 0.409 e. The van der Waals surface area contributed by atoms with Gasteiger partial charge in [0.25, 0.3) is 5.91 Å². The van der Waals surface area contributed by atoms with Gasteiger partial charge in [-0.05, 0) is 37.6 Å². The van der Waals surface area contributed by atoms with Crippen LogP contribution in [0.15, 0.2) is 30.0 Å². The van der Waals surface area contributed by atoms with Crippen LogP contribution in [0.1, 0.15) is 12.5 Å². The average Bonchev–Trinajstić information content (AvgIpc) is 2.62. The fraction of sp³-hybridized carbons (Fsp3) is 0.389. The molecular weight excluding hydrogens is 336 g/mol. The zero-order valence-electron chi connectivity index (χ0n) is 14.9. The van der Waals surface area contributed by atoms with Crippen LogP contribution in [0.3, 0.4) is 0 Å². The molecule has 26 heavy (non-hydrogen) atoms. The number of rotatable bonds is 4. The van der Waals surface area contributed by atoms with E-state index in [2.05, 4.69) is 5.32 Å². The lowest BCUT2D eigenvalue weighted by Gasteiger charge is -2.33. The molecule has 0 saturated carbocycles. The van der Waals surface area contributed by atoms with Crippen molar-refractivity contribution in [1.82, 2.24) is 9.80 Å². The minimum atomic E-state index is -0.519. The van der Waals surface area contributed by atoms with Crippen LogP contribution < -0.4 is 5.32 Å². The molecule has 1 aliphatic heterocycles. The molecule has 1 aliphatic rings. The number of hydrogen-bond donors (Lipinski definition) is 2. The first kappa shape index (κ1) is 19.1. The molecule has 1 fully saturated rings. The maximum absolute atomic E-state index is 12.3. The Labute approximate surface area is 152 Å². The number of nitriles is 1. The summed E-state index contributed by atoms with van der Waals surface area (Å²) in [4.78, 5) is 27.5. The molecule has 0 unspecified atom stereocenters. The first-order valence-corrected chi connectivity index (χ1v) is 8.33. The lowest BCUT2D eigenvalue weighted by Crippen LogP contribution is -2.47. The predicted molar refractivity (Wildman–Crippen MR) is 95.3 cm³/mol. The number of hydrogen-bond acceptors (Lipinski definition) is 6. The van der Waals surface area contributed by atoms with Gasteiger partial charge < -0.3 is 25.0 Å². The van der Waals surface area contributed by atoms with Gasteiger partial charge >= 0.3 is 6.09 Å². The average molecular weight is 358 g/mol. The minimum Gasteiger partial charge on any atom is -0.508 e. The van der Waals surface area contributed by atoms with Crippen LogP contribution in [0.4, 0.5) is 10.5 Å². The second kappa shape index (κ2) is 8.76. The van der Waals surface area contributed by atoms with Gasteiger partial charge in [-0.2, -0.15) is 5.26 Å². The molecule has 0 spiro atoms. The third kappa shape index (κ3) is 4.89. The molecule has 2 amide bonds. The number of phenols is 1. The van der Waals surface area contributed by atoms with Crippen LogP contribution in [-0.2, 0) is 9.53 Å². The van der Waals surface area contributed by atoms with E-state index in [1.165, 1.54) is 18.3 Å². The lowest BCUT2D eigenvalue weighted by atomic mass is 10.1. The Morgan fingerprint density at radius 2 is 2.04 bits per heavy atom. The van der Waals surface area contributed by atoms with Gasteiger partial charge in [0, 0.05) is 38.1 Å². The molecule has 0 radical (unpaired) electrons. The van der Waals surface area contributed by atoms with Gasteiger partial charge in [-0.25, -0.2) is 4.79 Å². The van der Waals surface area contributed by atoms with Gasteiger partial charge in [0.05, 0.1) is 6.61 Å². The lowest BCUT2D eigenvalue weighted by molar-refractivity contribution is -0.112. The first-order chi connectivity index (χ1) is 12.4. The van der Waals surface area contributed by atoms with Crippen molar-refractivity contribution in [3.63, 3.8) is 0 Å². The van der Waals surface area contributed by atoms with E-state index < -0.39 is 5.91 Å². The fourth-order valence-corrected chi connectivity index (χ4v) is 2.55. The van der Waals surface area contributed by atoms with Crippen LogP contribution in [0, 0.1) is 18.3 Å². The maximum Gasteiger partial charge on any atom is 0.409 e. The van der Waals surface area contributed by atoms with E-state index in [0.29, 0.717) is 44.0 Å². The predicted octanol–water partition coefficient (Wildman–Crippen LogP) is 1.82. The number of piperazine rings is 1. The van der Waals surface area contributed by atoms with E-state index in [-0.39, 0.29) is 17.4 Å². The molecule has 0 aliphatic carbocycles. The van der Waals surface area contributed by atoms with Crippen molar-refractivity contribution in [1.29, 1.82) is 5.26 Å². The molecule has 1 saturated heterocycles. The van der Waals surface area contributed by atoms with Gasteiger partial charge in [0.1, 0.15) is 17.4 Å². The normalized spacial score (nSPS) is 14.6. The summed E-state index contributed by atoms with van der Waals surface area (Å²) in [5.74, 6) is -0.412. The molecule has 1 aromatic carbocycles. The molecular formula is C18H22N4O4. The molecule has 0 aromatic heterocycles. The molecule has 1 heterocycles. The van der Waals surface area contributed by atoms with Crippen molar-refractivity contribution < 1.29 is 19.4 Å². The number of anilines is 1. The van der Waals surface area contributed by atoms with Crippen molar-refractivity contribution in [2.24, 2.45) is 0 Å². The molecule has 8 heteroatoms. The summed E-state index contributed by atoms with van der Waals surface area (Å²) in [7, 11) is 0. The second-order valence-electron chi connectivity index (χ2n) is 5.83. The molecule has 0 bridgehead atoms. The molecule has 1 aromatic rings. The standard InChI is InChI=1S/C18H22N4O4/c1-3-26-18(25)22-8-6-21(7-9-22)12-14(11-19)17(24)20-16-5-4-15(23)10-13(16)2/h4-5,10,12,23H,3,6-9H2,1-2H3,(H,20,24)/b14-12-. The number of carbonyl (C=O) groups excluding carboxylic acids is 2. The quantitative estimate of drug-likeness (QED) is 0.483. The largest absolute Gasteiger partial charge is 0.508 e. The highest BCUT2D eigenvalue weighted by atomic mass is 16.6. The SMILES string of the molecule is CCOC(=O)N1CCN(/C=C(/C#N)C(=O)Nc2ccc(O)cc2C)CC1. The molecule has 2 rings (SSSR count). The summed E-state index contributed by atoms with van der Waals surface area (Å²) >= 11 is 0. The molecule has 0 atom stereocenters. The number of ether oxygens (including phenoxy) is 1. The summed E-state index contributed by atoms with van der Waals surface area (Å²) in [5, 5.41) is 21.4. The Hall–Kier alpha value is -3.21. The summed E-state index contributed by atoms with van der Waals surface area (Å²) in [6, 6.07) is 6.48. The number of aromatic hydroxyl groups is 1. The number of nitrogens with zero attached hydrogens (tertiary/aromatic N) is 3. The minimum absolute atomic E-state index is 0.0259. The van der Waals surface area contributed by atoms with E-state index in [4.69, 9.17) is 4.74 Å². The third-order valence-corrected chi connectivity index (χ3v) is 3.98. The summed E-state index contributed by atoms with van der Waals surface area (Å²) in [6.45, 7) is 5.78. The monoisotopic (exact) mass is 358 g/mol. The zero-order valence-corrected chi connectivity index (χ0v) is 14.9. The number of carbonyl (C=O) groups is 2. The van der Waals surface area contributed by atoms with Gasteiger partial charge in [0.15, 0.2) is 0 Å². The fourth-order valence-electron chi connectivity index (χ4n) is 2.55. The highest BCUT2D eigenvalue weighted by Crippen LogP contribution is 2.20.